The van der Waals surface area contributed by atoms with Crippen molar-refractivity contribution in [2.45, 2.75) is 55.5 Å². The maximum Gasteiger partial charge on any atom is 0.416 e. The number of nitrogens with two attached hydrogens (primary N) is 1. The van der Waals surface area contributed by atoms with Crippen LogP contribution in [0.1, 0.15) is 42.4 Å². The maximum absolute atomic E-state index is 13.7. The fourth-order valence-electron chi connectivity index (χ4n) is 4.76. The molecule has 0 radical (unpaired) electrons. The van der Waals surface area contributed by atoms with Gasteiger partial charge in [-0.3, -0.25) is 0 Å². The van der Waals surface area contributed by atoms with E-state index in [1.807, 2.05) is 13.8 Å². The molecule has 0 amide bonds. The number of anilines is 2. The molecule has 1 heterocycles. The van der Waals surface area contributed by atoms with E-state index in [9.17, 15) is 13.2 Å². The van der Waals surface area contributed by atoms with Crippen molar-refractivity contribution in [3.63, 3.8) is 0 Å². The molecule has 2 fully saturated rings. The predicted molar refractivity (Wildman–Crippen MR) is 135 cm³/mol. The summed E-state index contributed by atoms with van der Waals surface area (Å²) >= 11 is 1.43. The Labute approximate surface area is 204 Å². The summed E-state index contributed by atoms with van der Waals surface area (Å²) in [7, 11) is 0. The lowest BCUT2D eigenvalue weighted by Gasteiger charge is -2.57. The van der Waals surface area contributed by atoms with Crippen LogP contribution in [0.2, 0.25) is 0 Å². The Morgan fingerprint density at radius 1 is 1.03 bits per heavy atom. The molecule has 4 N–H and O–H groups in total. The van der Waals surface area contributed by atoms with Gasteiger partial charge in [0.15, 0.2) is 0 Å². The monoisotopic (exact) mass is 492 g/mol. The third kappa shape index (κ3) is 5.66. The second-order valence-corrected chi connectivity index (χ2v) is 10.8. The highest BCUT2D eigenvalue weighted by atomic mass is 32.2. The normalized spacial score (nSPS) is 16.9. The number of nitrogens with one attached hydrogen (secondary N) is 2. The van der Waals surface area contributed by atoms with Crippen molar-refractivity contribution in [3.8, 4) is 0 Å². The molecule has 0 atom stereocenters. The van der Waals surface area contributed by atoms with Crippen LogP contribution < -0.4 is 21.3 Å². The second-order valence-electron chi connectivity index (χ2n) is 9.73. The molecule has 1 aliphatic heterocycles. The molecule has 4 nitrogen and oxygen atoms in total. The van der Waals surface area contributed by atoms with Crippen molar-refractivity contribution in [3.05, 3.63) is 47.0 Å². The number of hydrogen-bond acceptors (Lipinski definition) is 5. The highest BCUT2D eigenvalue weighted by molar-refractivity contribution is 7.99. The summed E-state index contributed by atoms with van der Waals surface area (Å²) in [5, 5.41) is 6.43. The van der Waals surface area contributed by atoms with Gasteiger partial charge in [-0.15, -0.1) is 0 Å². The summed E-state index contributed by atoms with van der Waals surface area (Å²) in [6.07, 6.45) is 0.376. The largest absolute Gasteiger partial charge is 0.416 e. The number of benzene rings is 2. The summed E-state index contributed by atoms with van der Waals surface area (Å²) < 4.78 is 41.1. The Hall–Kier alpha value is -1.90. The third-order valence-electron chi connectivity index (χ3n) is 7.08. The summed E-state index contributed by atoms with van der Waals surface area (Å²) in [5.74, 6) is 0. The molecule has 2 aliphatic rings. The SMILES string of the molecule is Cc1ccc(N2CC3(CCC3)C2)cc1Sc1cc(C(F)(F)F)cc(NCCCNCCN)c1C. The number of aryl methyl sites for hydroxylation is 1. The molecule has 186 valence electrons. The Morgan fingerprint density at radius 2 is 1.79 bits per heavy atom. The van der Waals surface area contributed by atoms with Crippen LogP contribution in [0.25, 0.3) is 0 Å². The van der Waals surface area contributed by atoms with Crippen LogP contribution >= 0.6 is 11.8 Å². The molecule has 1 spiro atoms. The quantitative estimate of drug-likeness (QED) is 0.365. The lowest BCUT2D eigenvalue weighted by molar-refractivity contribution is -0.137. The highest BCUT2D eigenvalue weighted by Gasteiger charge is 2.47. The summed E-state index contributed by atoms with van der Waals surface area (Å²) in [6.45, 7) is 8.77. The van der Waals surface area contributed by atoms with Crippen LogP contribution in [-0.4, -0.2) is 39.3 Å². The van der Waals surface area contributed by atoms with Crippen LogP contribution in [0.5, 0.6) is 0 Å². The molecule has 2 aromatic carbocycles. The zero-order valence-electron chi connectivity index (χ0n) is 20.0. The first-order chi connectivity index (χ1) is 16.2. The van der Waals surface area contributed by atoms with E-state index in [1.54, 1.807) is 0 Å². The fourth-order valence-corrected chi connectivity index (χ4v) is 5.85. The number of alkyl halides is 3. The van der Waals surface area contributed by atoms with Crippen LogP contribution in [-0.2, 0) is 6.18 Å². The summed E-state index contributed by atoms with van der Waals surface area (Å²) in [5.41, 5.74) is 9.00. The van der Waals surface area contributed by atoms with Gasteiger partial charge in [-0.2, -0.15) is 13.2 Å². The van der Waals surface area contributed by atoms with Crippen LogP contribution in [0.15, 0.2) is 40.1 Å². The van der Waals surface area contributed by atoms with Crippen molar-refractivity contribution in [2.75, 3.05) is 49.5 Å². The predicted octanol–water partition coefficient (Wildman–Crippen LogP) is 5.81. The van der Waals surface area contributed by atoms with E-state index < -0.39 is 11.7 Å². The summed E-state index contributed by atoms with van der Waals surface area (Å²) in [4.78, 5) is 4.04. The van der Waals surface area contributed by atoms with Crippen molar-refractivity contribution >= 4 is 23.1 Å². The number of hydrogen-bond donors (Lipinski definition) is 3. The number of halogens is 3. The molecule has 1 aliphatic carbocycles. The lowest BCUT2D eigenvalue weighted by Crippen LogP contribution is -2.59. The van der Waals surface area contributed by atoms with Gasteiger partial charge in [0.1, 0.15) is 0 Å². The van der Waals surface area contributed by atoms with Crippen molar-refractivity contribution in [1.29, 1.82) is 0 Å². The van der Waals surface area contributed by atoms with Gasteiger partial charge in [-0.25, -0.2) is 0 Å². The van der Waals surface area contributed by atoms with Gasteiger partial charge in [0.2, 0.25) is 0 Å². The van der Waals surface area contributed by atoms with E-state index in [4.69, 9.17) is 5.73 Å². The average molecular weight is 493 g/mol. The van der Waals surface area contributed by atoms with E-state index in [0.29, 0.717) is 29.1 Å². The van der Waals surface area contributed by atoms with Gasteiger partial charge < -0.3 is 21.3 Å². The maximum atomic E-state index is 13.7. The number of rotatable bonds is 10. The zero-order valence-corrected chi connectivity index (χ0v) is 20.8. The third-order valence-corrected chi connectivity index (χ3v) is 8.38. The lowest BCUT2D eigenvalue weighted by atomic mass is 9.63. The first-order valence-corrected chi connectivity index (χ1v) is 12.9. The van der Waals surface area contributed by atoms with Crippen molar-refractivity contribution < 1.29 is 13.2 Å². The van der Waals surface area contributed by atoms with Gasteiger partial charge in [-0.1, -0.05) is 24.2 Å². The molecule has 34 heavy (non-hydrogen) atoms. The zero-order chi connectivity index (χ0) is 24.3. The molecule has 0 aromatic heterocycles. The van der Waals surface area contributed by atoms with Gasteiger partial charge in [0.05, 0.1) is 5.56 Å². The topological polar surface area (TPSA) is 53.3 Å². The van der Waals surface area contributed by atoms with E-state index in [1.165, 1.54) is 48.8 Å². The Balaban J connectivity index is 1.51. The van der Waals surface area contributed by atoms with Gasteiger partial charge in [0, 0.05) is 59.3 Å². The minimum Gasteiger partial charge on any atom is -0.385 e. The minimum atomic E-state index is -4.40. The van der Waals surface area contributed by atoms with Crippen LogP contribution in [0.3, 0.4) is 0 Å². The average Bonchev–Trinajstić information content (AvgIpc) is 2.72. The van der Waals surface area contributed by atoms with Gasteiger partial charge in [-0.05, 0) is 75.0 Å². The van der Waals surface area contributed by atoms with Gasteiger partial charge in [0.25, 0.3) is 0 Å². The van der Waals surface area contributed by atoms with Crippen LogP contribution in [0, 0.1) is 19.3 Å². The molecule has 4 rings (SSSR count). The first-order valence-electron chi connectivity index (χ1n) is 12.1. The van der Waals surface area contributed by atoms with Crippen molar-refractivity contribution in [2.24, 2.45) is 11.1 Å². The Morgan fingerprint density at radius 3 is 2.44 bits per heavy atom. The molecule has 1 saturated carbocycles. The van der Waals surface area contributed by atoms with E-state index >= 15 is 0 Å². The Kier molecular flexibility index (Phi) is 7.69. The van der Waals surface area contributed by atoms with Crippen molar-refractivity contribution in [1.82, 2.24) is 5.32 Å². The molecule has 2 aromatic rings. The standard InChI is InChI=1S/C26H35F3N4S/c1-18-5-6-21(33-16-25(17-33)7-3-8-25)15-23(18)34-24-14-20(26(27,28)29)13-22(19(24)2)32-11-4-10-31-12-9-30/h5-6,13-15,31-32H,3-4,7-12,16-17,30H2,1-2H3. The minimum absolute atomic E-state index is 0.524. The summed E-state index contributed by atoms with van der Waals surface area (Å²) in [6, 6.07) is 8.87. The molecule has 0 bridgehead atoms. The second kappa shape index (κ2) is 10.4. The van der Waals surface area contributed by atoms with E-state index in [0.717, 1.165) is 48.6 Å². The number of nitrogens with zero attached hydrogens (tertiary/aromatic N) is 1. The Bertz CT molecular complexity index is 996. The van der Waals surface area contributed by atoms with E-state index in [2.05, 4.69) is 33.7 Å². The molecule has 8 heteroatoms. The van der Waals surface area contributed by atoms with Gasteiger partial charge >= 0.3 is 6.18 Å². The smallest absolute Gasteiger partial charge is 0.385 e. The molecular formula is C26H35F3N4S. The fraction of sp³-hybridized carbons (Fsp3) is 0.538. The van der Waals surface area contributed by atoms with Crippen LogP contribution in [0.4, 0.5) is 24.5 Å². The van der Waals surface area contributed by atoms with E-state index in [-0.39, 0.29) is 0 Å². The molecular weight excluding hydrogens is 457 g/mol. The highest BCUT2D eigenvalue weighted by Crippen LogP contribution is 2.50. The molecule has 0 unspecified atom stereocenters. The molecule has 1 saturated heterocycles. The first kappa shape index (κ1) is 25.2.